The second-order valence-corrected chi connectivity index (χ2v) is 29.0. The van der Waals surface area contributed by atoms with Crippen LogP contribution in [0, 0.1) is 0 Å². The lowest BCUT2D eigenvalue weighted by Gasteiger charge is -2.41. The Labute approximate surface area is 395 Å². The van der Waals surface area contributed by atoms with Gasteiger partial charge in [0.15, 0.2) is 0 Å². The molecule has 13 rings (SSSR count). The Morgan fingerprint density at radius 3 is 1.36 bits per heavy atom. The van der Waals surface area contributed by atoms with Gasteiger partial charge in [0.1, 0.15) is 16.1 Å². The maximum Gasteiger partial charge on any atom is 0.117 e. The average Bonchev–Trinajstić information content (AvgIpc) is 3.58. The monoisotopic (exact) mass is 893 g/mol. The number of benzene rings is 9. The van der Waals surface area contributed by atoms with Crippen LogP contribution < -0.4 is 30.5 Å². The van der Waals surface area contributed by atoms with Crippen molar-refractivity contribution in [1.82, 2.24) is 4.98 Å². The fourth-order valence-electron chi connectivity index (χ4n) is 12.3. The molecule has 0 fully saturated rings. The van der Waals surface area contributed by atoms with E-state index in [1.807, 2.05) is 12.3 Å². The summed E-state index contributed by atoms with van der Waals surface area (Å²) in [5, 5.41) is 10.6. The standard InChI is InChI=1S/C62H51N3Si2/c1-62(2)49-20-8-7-19-43(49)44-33-30-40(37-50(44)62)60-45-34-31-42(65-54-24-11-15-28-58(54)67(5,6)59-29-16-12-25-55(59)65)39-48(45)61(51-21-17-18-36-63-51)46-35-32-41(38-47(46)60)64-52-22-9-13-26-56(52)66(3,4)57-27-14-10-23-53(57)64/h7-39H,1-6H3. The molecule has 0 saturated carbocycles. The van der Waals surface area contributed by atoms with Crippen LogP contribution >= 0.6 is 0 Å². The number of hydrogen-bond donors (Lipinski definition) is 0. The van der Waals surface area contributed by atoms with Crippen molar-refractivity contribution in [3.05, 3.63) is 211 Å². The van der Waals surface area contributed by atoms with E-state index < -0.39 is 16.1 Å². The number of fused-ring (bicyclic) bond motifs is 9. The minimum absolute atomic E-state index is 0.149. The third kappa shape index (κ3) is 5.65. The van der Waals surface area contributed by atoms with Crippen molar-refractivity contribution in [1.29, 1.82) is 0 Å². The van der Waals surface area contributed by atoms with Crippen LogP contribution in [-0.2, 0) is 5.41 Å². The summed E-state index contributed by atoms with van der Waals surface area (Å²) in [5.41, 5.74) is 17.3. The van der Waals surface area contributed by atoms with Crippen LogP contribution in [-0.4, -0.2) is 21.1 Å². The number of hydrogen-bond acceptors (Lipinski definition) is 3. The van der Waals surface area contributed by atoms with Crippen molar-refractivity contribution >= 4 is 92.6 Å². The van der Waals surface area contributed by atoms with Crippen molar-refractivity contribution in [3.8, 4) is 33.5 Å². The average molecular weight is 894 g/mol. The van der Waals surface area contributed by atoms with E-state index in [2.05, 4.69) is 238 Å². The molecule has 1 aliphatic carbocycles. The smallest absolute Gasteiger partial charge is 0.117 e. The van der Waals surface area contributed by atoms with Gasteiger partial charge in [0.2, 0.25) is 0 Å². The molecule has 0 unspecified atom stereocenters. The molecule has 3 heterocycles. The summed E-state index contributed by atoms with van der Waals surface area (Å²) in [7, 11) is -3.97. The fourth-order valence-corrected chi connectivity index (χ4v) is 18.3. The molecular weight excluding hydrogens is 843 g/mol. The summed E-state index contributed by atoms with van der Waals surface area (Å²) >= 11 is 0. The quantitative estimate of drug-likeness (QED) is 0.130. The summed E-state index contributed by atoms with van der Waals surface area (Å²) in [6.45, 7) is 14.8. The van der Waals surface area contributed by atoms with E-state index >= 15 is 0 Å². The van der Waals surface area contributed by atoms with Gasteiger partial charge in [-0.05, 0) is 142 Å². The van der Waals surface area contributed by atoms with Crippen molar-refractivity contribution in [3.63, 3.8) is 0 Å². The second-order valence-electron chi connectivity index (χ2n) is 20.3. The topological polar surface area (TPSA) is 19.4 Å². The van der Waals surface area contributed by atoms with Gasteiger partial charge in [-0.15, -0.1) is 0 Å². The van der Waals surface area contributed by atoms with Gasteiger partial charge in [-0.2, -0.15) is 0 Å². The molecular formula is C62H51N3Si2. The maximum absolute atomic E-state index is 5.15. The van der Waals surface area contributed by atoms with Crippen molar-refractivity contribution < 1.29 is 0 Å². The first-order valence-corrected chi connectivity index (χ1v) is 29.7. The van der Waals surface area contributed by atoms with Gasteiger partial charge >= 0.3 is 0 Å². The molecule has 0 atom stereocenters. The first-order chi connectivity index (χ1) is 32.5. The molecule has 10 aromatic rings. The van der Waals surface area contributed by atoms with Crippen LogP contribution in [0.5, 0.6) is 0 Å². The van der Waals surface area contributed by atoms with E-state index in [9.17, 15) is 0 Å². The lowest BCUT2D eigenvalue weighted by molar-refractivity contribution is 0.660. The van der Waals surface area contributed by atoms with Crippen LogP contribution in [0.2, 0.25) is 26.2 Å². The highest BCUT2D eigenvalue weighted by Crippen LogP contribution is 2.53. The highest BCUT2D eigenvalue weighted by Gasteiger charge is 2.41. The van der Waals surface area contributed by atoms with Crippen LogP contribution in [0.1, 0.15) is 25.0 Å². The zero-order valence-electron chi connectivity index (χ0n) is 38.9. The summed E-state index contributed by atoms with van der Waals surface area (Å²) in [5.74, 6) is 0. The Morgan fingerprint density at radius 1 is 0.388 bits per heavy atom. The minimum Gasteiger partial charge on any atom is -0.311 e. The Kier molecular flexibility index (Phi) is 8.56. The van der Waals surface area contributed by atoms with E-state index in [0.29, 0.717) is 0 Å². The van der Waals surface area contributed by atoms with Crippen LogP contribution in [0.25, 0.3) is 55.1 Å². The molecule has 0 bridgehead atoms. The van der Waals surface area contributed by atoms with Crippen molar-refractivity contribution in [2.24, 2.45) is 0 Å². The molecule has 5 heteroatoms. The number of rotatable bonds is 4. The van der Waals surface area contributed by atoms with Crippen molar-refractivity contribution in [2.45, 2.75) is 45.5 Å². The van der Waals surface area contributed by atoms with Gasteiger partial charge in [-0.25, -0.2) is 0 Å². The Balaban J connectivity index is 1.13. The van der Waals surface area contributed by atoms with Crippen LogP contribution in [0.15, 0.2) is 200 Å². The lowest BCUT2D eigenvalue weighted by Crippen LogP contribution is -2.58. The molecule has 0 saturated heterocycles. The molecule has 67 heavy (non-hydrogen) atoms. The van der Waals surface area contributed by atoms with Gasteiger partial charge in [-0.1, -0.05) is 167 Å². The van der Waals surface area contributed by atoms with Crippen molar-refractivity contribution in [2.75, 3.05) is 9.80 Å². The number of anilines is 6. The van der Waals surface area contributed by atoms with Crippen LogP contribution in [0.3, 0.4) is 0 Å². The largest absolute Gasteiger partial charge is 0.311 e. The van der Waals surface area contributed by atoms with Gasteiger partial charge in [0, 0.05) is 51.3 Å². The highest BCUT2D eigenvalue weighted by atomic mass is 28.3. The Hall–Kier alpha value is -7.32. The molecule has 0 N–H and O–H groups in total. The van der Waals surface area contributed by atoms with E-state index in [-0.39, 0.29) is 5.41 Å². The third-order valence-electron chi connectivity index (χ3n) is 15.7. The normalized spacial score (nSPS) is 15.6. The molecule has 2 aliphatic heterocycles. The Bertz CT molecular complexity index is 3600. The van der Waals surface area contributed by atoms with Gasteiger partial charge in [0.25, 0.3) is 0 Å². The molecule has 3 nitrogen and oxygen atoms in total. The predicted octanol–water partition coefficient (Wildman–Crippen LogP) is 14.2. The number of nitrogens with zero attached hydrogens (tertiary/aromatic N) is 3. The zero-order valence-corrected chi connectivity index (χ0v) is 40.9. The predicted molar refractivity (Wildman–Crippen MR) is 291 cm³/mol. The molecule has 3 aliphatic rings. The molecule has 1 aromatic heterocycles. The highest BCUT2D eigenvalue weighted by molar-refractivity contribution is 7.03. The molecule has 0 radical (unpaired) electrons. The lowest BCUT2D eigenvalue weighted by atomic mass is 9.80. The summed E-state index contributed by atoms with van der Waals surface area (Å²) in [6.07, 6.45) is 1.94. The van der Waals surface area contributed by atoms with Gasteiger partial charge < -0.3 is 9.80 Å². The molecule has 322 valence electrons. The molecule has 0 spiro atoms. The van der Waals surface area contributed by atoms with E-state index in [4.69, 9.17) is 4.98 Å². The maximum atomic E-state index is 5.15. The minimum atomic E-state index is -1.99. The first kappa shape index (κ1) is 40.0. The first-order valence-electron chi connectivity index (χ1n) is 23.7. The zero-order chi connectivity index (χ0) is 45.4. The number of pyridine rings is 1. The Morgan fingerprint density at radius 2 is 0.836 bits per heavy atom. The third-order valence-corrected chi connectivity index (χ3v) is 22.7. The number of para-hydroxylation sites is 4. The summed E-state index contributed by atoms with van der Waals surface area (Å²) < 4.78 is 0. The van der Waals surface area contributed by atoms with E-state index in [1.54, 1.807) is 0 Å². The van der Waals surface area contributed by atoms with E-state index in [1.165, 1.54) is 98.4 Å². The fraction of sp³-hybridized carbons (Fsp3) is 0.113. The van der Waals surface area contributed by atoms with Crippen LogP contribution in [0.4, 0.5) is 34.1 Å². The summed E-state index contributed by atoms with van der Waals surface area (Å²) in [6, 6.07) is 73.5. The molecule has 9 aromatic carbocycles. The van der Waals surface area contributed by atoms with Gasteiger partial charge in [-0.3, -0.25) is 4.98 Å². The molecule has 0 amide bonds. The second kappa shape index (κ2) is 14.3. The van der Waals surface area contributed by atoms with E-state index in [0.717, 1.165) is 22.6 Å². The summed E-state index contributed by atoms with van der Waals surface area (Å²) in [4.78, 5) is 10.2. The number of aromatic nitrogens is 1. The SMILES string of the molecule is CC1(C)c2ccccc2-c2ccc(-c3c4cc(N5c6ccccc6[Si](C)(C)c6ccccc65)ccc4c(-c4ccccn4)c4cc(N5c6ccccc6[Si](C)(C)c6ccccc65)ccc34)cc21. The van der Waals surface area contributed by atoms with Gasteiger partial charge in [0.05, 0.1) is 5.69 Å².